The van der Waals surface area contributed by atoms with E-state index in [0.717, 1.165) is 44.9 Å². The molecule has 1 rings (SSSR count). The van der Waals surface area contributed by atoms with Gasteiger partial charge in [0.15, 0.2) is 0 Å². The molecule has 8 atom stereocenters. The monoisotopic (exact) mass is 767 g/mol. The first-order chi connectivity index (χ1) is 24.8. The van der Waals surface area contributed by atoms with E-state index in [1.54, 1.807) is 6.08 Å². The Balaban J connectivity index is 2.63. The van der Waals surface area contributed by atoms with Crippen molar-refractivity contribution in [2.24, 2.45) is 0 Å². The molecule has 13 nitrogen and oxygen atoms in total. The Hall–Kier alpha value is -0.960. The van der Waals surface area contributed by atoms with Gasteiger partial charge in [-0.1, -0.05) is 148 Å². The largest absolute Gasteiger partial charge is 0.472 e. The van der Waals surface area contributed by atoms with E-state index < -0.39 is 75.2 Å². The molecule has 0 heterocycles. The summed E-state index contributed by atoms with van der Waals surface area (Å²) in [5, 5.41) is 74.0. The molecule has 14 heteroatoms. The first-order valence-electron chi connectivity index (χ1n) is 20.2. The molecule has 1 aliphatic carbocycles. The van der Waals surface area contributed by atoms with Gasteiger partial charge in [-0.25, -0.2) is 4.57 Å². The third-order valence-electron chi connectivity index (χ3n) is 9.87. The molecular weight excluding hydrogens is 693 g/mol. The highest BCUT2D eigenvalue weighted by Crippen LogP contribution is 2.47. The summed E-state index contributed by atoms with van der Waals surface area (Å²) in [4.78, 5) is 23.3. The average molecular weight is 768 g/mol. The maximum atomic E-state index is 12.9. The van der Waals surface area contributed by atoms with Gasteiger partial charge in [0.2, 0.25) is 5.91 Å². The standard InChI is InChI=1S/C38H74NO12P/c1-3-5-7-9-11-13-15-16-17-19-21-23-25-29(40)27-32(42)39-30(31(41)26-24-22-20-18-14-12-10-8-6-4-2)28-50-52(48,49)51-38-36(46)34(44)33(43)35(45)37(38)47/h24,26,29-31,33-38,40-41,43-47H,3-23,25,27-28H2,1-2H3,(H,39,42)(H,48,49)/b26-24+. The summed E-state index contributed by atoms with van der Waals surface area (Å²) in [5.41, 5.74) is 0. The molecule has 1 aliphatic rings. The Morgan fingerprint density at radius 1 is 0.673 bits per heavy atom. The molecule has 52 heavy (non-hydrogen) atoms. The Morgan fingerprint density at radius 2 is 1.10 bits per heavy atom. The van der Waals surface area contributed by atoms with E-state index in [9.17, 15) is 50.0 Å². The highest BCUT2D eigenvalue weighted by atomic mass is 31.2. The summed E-state index contributed by atoms with van der Waals surface area (Å²) in [6.07, 6.45) is 13.3. The Labute approximate surface area is 312 Å². The summed E-state index contributed by atoms with van der Waals surface area (Å²) in [6.45, 7) is 3.67. The predicted octanol–water partition coefficient (Wildman–Crippen LogP) is 5.08. The number of hydrogen-bond acceptors (Lipinski definition) is 11. The maximum absolute atomic E-state index is 12.9. The Morgan fingerprint density at radius 3 is 1.58 bits per heavy atom. The van der Waals surface area contributed by atoms with Crippen LogP contribution in [0.5, 0.6) is 0 Å². The van der Waals surface area contributed by atoms with E-state index in [-0.39, 0.29) is 6.42 Å². The quantitative estimate of drug-likeness (QED) is 0.0248. The van der Waals surface area contributed by atoms with Crippen LogP contribution in [0.25, 0.3) is 0 Å². The van der Waals surface area contributed by atoms with E-state index in [4.69, 9.17) is 9.05 Å². The average Bonchev–Trinajstić information content (AvgIpc) is 3.11. The lowest BCUT2D eigenvalue weighted by atomic mass is 9.85. The predicted molar refractivity (Wildman–Crippen MR) is 201 cm³/mol. The normalized spacial score (nSPS) is 25.2. The van der Waals surface area contributed by atoms with Gasteiger partial charge in [-0.2, -0.15) is 0 Å². The first-order valence-corrected chi connectivity index (χ1v) is 21.7. The van der Waals surface area contributed by atoms with Crippen molar-refractivity contribution >= 4 is 13.7 Å². The van der Waals surface area contributed by atoms with Gasteiger partial charge in [-0.05, 0) is 19.3 Å². The number of carbonyl (C=O) groups excluding carboxylic acids is 1. The number of phosphoric acid groups is 1. The van der Waals surface area contributed by atoms with Gasteiger partial charge in [0, 0.05) is 0 Å². The van der Waals surface area contributed by atoms with Gasteiger partial charge in [-0.15, -0.1) is 0 Å². The van der Waals surface area contributed by atoms with Gasteiger partial charge in [0.1, 0.15) is 36.6 Å². The number of unbranched alkanes of at least 4 members (excludes halogenated alkanes) is 19. The number of carbonyl (C=O) groups is 1. The second kappa shape index (κ2) is 29.3. The third-order valence-corrected chi connectivity index (χ3v) is 10.9. The summed E-state index contributed by atoms with van der Waals surface area (Å²) in [5.74, 6) is -0.595. The van der Waals surface area contributed by atoms with Crippen LogP contribution in [0.2, 0.25) is 0 Å². The lowest BCUT2D eigenvalue weighted by Gasteiger charge is -2.41. The van der Waals surface area contributed by atoms with Gasteiger partial charge >= 0.3 is 7.82 Å². The molecule has 1 amide bonds. The van der Waals surface area contributed by atoms with Crippen molar-refractivity contribution < 1.29 is 59.0 Å². The molecular formula is C38H74NO12P. The summed E-state index contributed by atoms with van der Waals surface area (Å²) in [7, 11) is -5.12. The van der Waals surface area contributed by atoms with Crippen LogP contribution in [0.4, 0.5) is 0 Å². The number of phosphoric ester groups is 1. The zero-order chi connectivity index (χ0) is 38.8. The van der Waals surface area contributed by atoms with Crippen LogP contribution < -0.4 is 5.32 Å². The van der Waals surface area contributed by atoms with Crippen LogP contribution in [0, 0.1) is 0 Å². The van der Waals surface area contributed by atoms with Crippen molar-refractivity contribution in [2.45, 2.75) is 216 Å². The van der Waals surface area contributed by atoms with E-state index in [1.165, 1.54) is 89.5 Å². The Kier molecular flexibility index (Phi) is 27.7. The molecule has 1 fully saturated rings. The number of aliphatic hydroxyl groups excluding tert-OH is 7. The number of hydrogen-bond donors (Lipinski definition) is 9. The summed E-state index contributed by atoms with van der Waals surface area (Å²) >= 11 is 0. The second-order valence-electron chi connectivity index (χ2n) is 14.7. The molecule has 0 aromatic heterocycles. The topological polar surface area (TPSA) is 226 Å². The minimum absolute atomic E-state index is 0.241. The zero-order valence-electron chi connectivity index (χ0n) is 32.0. The number of rotatable bonds is 32. The third kappa shape index (κ3) is 21.8. The molecule has 0 radical (unpaired) electrons. The van der Waals surface area contributed by atoms with Crippen molar-refractivity contribution in [3.63, 3.8) is 0 Å². The number of amides is 1. The zero-order valence-corrected chi connectivity index (χ0v) is 32.9. The summed E-state index contributed by atoms with van der Waals surface area (Å²) in [6, 6.07) is -1.23. The van der Waals surface area contributed by atoms with Crippen molar-refractivity contribution in [1.82, 2.24) is 5.32 Å². The van der Waals surface area contributed by atoms with E-state index in [1.807, 2.05) is 0 Å². The lowest BCUT2D eigenvalue weighted by Crippen LogP contribution is -2.64. The van der Waals surface area contributed by atoms with Crippen molar-refractivity contribution in [2.75, 3.05) is 6.61 Å². The molecule has 0 aromatic rings. The van der Waals surface area contributed by atoms with Crippen LogP contribution in [-0.4, -0.2) is 108 Å². The van der Waals surface area contributed by atoms with Gasteiger partial charge in [0.25, 0.3) is 0 Å². The smallest absolute Gasteiger partial charge is 0.393 e. The maximum Gasteiger partial charge on any atom is 0.472 e. The molecule has 0 spiro atoms. The first kappa shape index (κ1) is 49.1. The lowest BCUT2D eigenvalue weighted by molar-refractivity contribution is -0.220. The molecule has 0 aromatic carbocycles. The highest BCUT2D eigenvalue weighted by molar-refractivity contribution is 7.47. The molecule has 0 bridgehead atoms. The number of nitrogens with one attached hydrogen (secondary N) is 1. The van der Waals surface area contributed by atoms with E-state index in [0.29, 0.717) is 12.8 Å². The fraction of sp³-hybridized carbons (Fsp3) is 0.921. The van der Waals surface area contributed by atoms with Crippen LogP contribution in [-0.2, 0) is 18.4 Å². The highest BCUT2D eigenvalue weighted by Gasteiger charge is 2.51. The number of allylic oxidation sites excluding steroid dienone is 1. The van der Waals surface area contributed by atoms with Gasteiger partial charge < -0.3 is 46.0 Å². The van der Waals surface area contributed by atoms with Gasteiger partial charge in [-0.3, -0.25) is 13.8 Å². The molecule has 308 valence electrons. The molecule has 1 saturated carbocycles. The van der Waals surface area contributed by atoms with Crippen LogP contribution in [0.3, 0.4) is 0 Å². The SMILES string of the molecule is CCCCCCCCCC/C=C/C(O)C(COP(=O)(O)OC1C(O)C(O)C(O)C(O)C1O)NC(=O)CC(O)CCCCCCCCCCCCCC. The molecule has 0 aliphatic heterocycles. The van der Waals surface area contributed by atoms with Crippen molar-refractivity contribution in [1.29, 1.82) is 0 Å². The minimum atomic E-state index is -5.12. The summed E-state index contributed by atoms with van der Waals surface area (Å²) < 4.78 is 22.7. The fourth-order valence-electron chi connectivity index (χ4n) is 6.47. The molecule has 8 unspecified atom stereocenters. The molecule has 9 N–H and O–H groups in total. The Bertz CT molecular complexity index is 958. The minimum Gasteiger partial charge on any atom is -0.393 e. The van der Waals surface area contributed by atoms with Crippen LogP contribution >= 0.6 is 7.82 Å². The van der Waals surface area contributed by atoms with Crippen LogP contribution in [0.1, 0.15) is 162 Å². The van der Waals surface area contributed by atoms with Crippen LogP contribution in [0.15, 0.2) is 12.2 Å². The van der Waals surface area contributed by atoms with Crippen molar-refractivity contribution in [3.8, 4) is 0 Å². The fourth-order valence-corrected chi connectivity index (χ4v) is 7.44. The molecule has 0 saturated heterocycles. The second-order valence-corrected chi connectivity index (χ2v) is 16.1. The number of aliphatic hydroxyl groups is 7. The van der Waals surface area contributed by atoms with E-state index in [2.05, 4.69) is 19.2 Å². The van der Waals surface area contributed by atoms with Gasteiger partial charge in [0.05, 0.1) is 31.3 Å². The van der Waals surface area contributed by atoms with Crippen molar-refractivity contribution in [3.05, 3.63) is 12.2 Å². The van der Waals surface area contributed by atoms with E-state index >= 15 is 0 Å².